The number of anilines is 2. The number of aryl methyl sites for hydroxylation is 1. The first-order valence-electron chi connectivity index (χ1n) is 9.54. The number of hydrogen-bond donors (Lipinski definition) is 2. The van der Waals surface area contributed by atoms with Crippen molar-refractivity contribution in [3.05, 3.63) is 42.0 Å². The molecule has 1 unspecified atom stereocenters. The van der Waals surface area contributed by atoms with Crippen LogP contribution in [0.4, 0.5) is 11.6 Å². The van der Waals surface area contributed by atoms with Crippen molar-refractivity contribution in [2.24, 2.45) is 5.92 Å². The number of nitrogens with one attached hydrogen (secondary N) is 1. The molecule has 4 rings (SSSR count). The zero-order valence-corrected chi connectivity index (χ0v) is 15.4. The largest absolute Gasteiger partial charge is 0.396 e. The van der Waals surface area contributed by atoms with E-state index >= 15 is 0 Å². The molecule has 0 bridgehead atoms. The molecule has 1 saturated heterocycles. The molecule has 6 heteroatoms. The van der Waals surface area contributed by atoms with Crippen LogP contribution in [0.2, 0.25) is 0 Å². The lowest BCUT2D eigenvalue weighted by molar-refractivity contribution is 0.208. The Balaban J connectivity index is 1.44. The number of aliphatic hydroxyl groups excluding tert-OH is 1. The first-order valence-corrected chi connectivity index (χ1v) is 9.54. The van der Waals surface area contributed by atoms with E-state index in [1.54, 1.807) is 6.33 Å². The summed E-state index contributed by atoms with van der Waals surface area (Å²) in [4.78, 5) is 15.7. The van der Waals surface area contributed by atoms with E-state index in [0.29, 0.717) is 5.92 Å². The average molecular weight is 353 g/mol. The quantitative estimate of drug-likeness (QED) is 0.831. The number of aliphatic hydroxyl groups is 1. The van der Waals surface area contributed by atoms with E-state index in [0.717, 1.165) is 44.1 Å². The highest BCUT2D eigenvalue weighted by Gasteiger charge is 2.46. The highest BCUT2D eigenvalue weighted by Crippen LogP contribution is 2.48. The Morgan fingerprint density at radius 3 is 2.96 bits per heavy atom. The minimum atomic E-state index is 0.142. The third kappa shape index (κ3) is 3.51. The summed E-state index contributed by atoms with van der Waals surface area (Å²) in [7, 11) is 0. The fourth-order valence-corrected chi connectivity index (χ4v) is 3.99. The van der Waals surface area contributed by atoms with Crippen LogP contribution < -0.4 is 10.2 Å². The lowest BCUT2D eigenvalue weighted by atomic mass is 9.97. The fraction of sp³-hybridized carbons (Fsp3) is 0.550. The van der Waals surface area contributed by atoms with Gasteiger partial charge in [-0.3, -0.25) is 4.98 Å². The first-order chi connectivity index (χ1) is 12.7. The normalized spacial score (nSPS) is 21.5. The van der Waals surface area contributed by atoms with Gasteiger partial charge in [0.25, 0.3) is 0 Å². The van der Waals surface area contributed by atoms with Crippen LogP contribution in [0.1, 0.15) is 36.9 Å². The molecule has 2 fully saturated rings. The van der Waals surface area contributed by atoms with Crippen LogP contribution in [0.5, 0.6) is 0 Å². The molecular weight excluding hydrogens is 326 g/mol. The number of nitrogens with zero attached hydrogens (tertiary/aromatic N) is 4. The van der Waals surface area contributed by atoms with Gasteiger partial charge in [-0.2, -0.15) is 0 Å². The van der Waals surface area contributed by atoms with Gasteiger partial charge in [0, 0.05) is 43.9 Å². The second kappa shape index (κ2) is 7.19. The fourth-order valence-electron chi connectivity index (χ4n) is 3.99. The lowest BCUT2D eigenvalue weighted by Crippen LogP contribution is -2.37. The molecular formula is C20H27N5O. The summed E-state index contributed by atoms with van der Waals surface area (Å²) < 4.78 is 0. The summed E-state index contributed by atoms with van der Waals surface area (Å²) in [6, 6.07) is 6.16. The van der Waals surface area contributed by atoms with Crippen LogP contribution in [-0.2, 0) is 5.41 Å². The molecule has 2 aromatic heterocycles. The van der Waals surface area contributed by atoms with E-state index in [1.807, 2.05) is 18.3 Å². The molecule has 0 amide bonds. The zero-order chi connectivity index (χ0) is 18.0. The van der Waals surface area contributed by atoms with E-state index in [1.165, 1.54) is 24.1 Å². The van der Waals surface area contributed by atoms with Gasteiger partial charge in [0.1, 0.15) is 18.0 Å². The lowest BCUT2D eigenvalue weighted by Gasteiger charge is -2.32. The summed E-state index contributed by atoms with van der Waals surface area (Å²) in [5.41, 5.74) is 2.62. The van der Waals surface area contributed by atoms with Crippen molar-refractivity contribution in [1.29, 1.82) is 0 Å². The van der Waals surface area contributed by atoms with Gasteiger partial charge in [-0.25, -0.2) is 9.97 Å². The number of rotatable bonds is 6. The molecule has 1 atom stereocenters. The van der Waals surface area contributed by atoms with Gasteiger partial charge in [0.05, 0.1) is 5.69 Å². The van der Waals surface area contributed by atoms with E-state index in [9.17, 15) is 5.11 Å². The minimum Gasteiger partial charge on any atom is -0.396 e. The predicted octanol–water partition coefficient (Wildman–Crippen LogP) is 2.53. The molecule has 138 valence electrons. The van der Waals surface area contributed by atoms with Crippen molar-refractivity contribution in [2.45, 2.75) is 38.0 Å². The van der Waals surface area contributed by atoms with Gasteiger partial charge in [0.2, 0.25) is 0 Å². The van der Waals surface area contributed by atoms with Crippen LogP contribution in [0.25, 0.3) is 0 Å². The van der Waals surface area contributed by atoms with Crippen molar-refractivity contribution in [3.63, 3.8) is 0 Å². The molecule has 2 aromatic rings. The minimum absolute atomic E-state index is 0.142. The summed E-state index contributed by atoms with van der Waals surface area (Å²) in [6.07, 6.45) is 8.04. The maximum atomic E-state index is 9.44. The number of piperidine rings is 1. The van der Waals surface area contributed by atoms with Gasteiger partial charge in [-0.15, -0.1) is 0 Å². The van der Waals surface area contributed by atoms with E-state index < -0.39 is 0 Å². The van der Waals surface area contributed by atoms with Crippen LogP contribution >= 0.6 is 0 Å². The molecule has 2 N–H and O–H groups in total. The SMILES string of the molecule is Cc1cccnc1C1(CNc2cc(N3CCCC(CO)C3)ncn2)CC1. The highest BCUT2D eigenvalue weighted by molar-refractivity contribution is 5.49. The maximum absolute atomic E-state index is 9.44. The van der Waals surface area contributed by atoms with Crippen LogP contribution in [0, 0.1) is 12.8 Å². The molecule has 0 aromatic carbocycles. The van der Waals surface area contributed by atoms with Gasteiger partial charge in [-0.1, -0.05) is 6.07 Å². The van der Waals surface area contributed by atoms with E-state index in [4.69, 9.17) is 0 Å². The topological polar surface area (TPSA) is 74.2 Å². The van der Waals surface area contributed by atoms with Crippen molar-refractivity contribution < 1.29 is 5.11 Å². The van der Waals surface area contributed by atoms with Crippen molar-refractivity contribution in [3.8, 4) is 0 Å². The van der Waals surface area contributed by atoms with Gasteiger partial charge < -0.3 is 15.3 Å². The van der Waals surface area contributed by atoms with Crippen molar-refractivity contribution in [2.75, 3.05) is 36.5 Å². The molecule has 0 spiro atoms. The Morgan fingerprint density at radius 2 is 2.19 bits per heavy atom. The molecule has 6 nitrogen and oxygen atoms in total. The molecule has 1 saturated carbocycles. The first kappa shape index (κ1) is 17.2. The second-order valence-electron chi connectivity index (χ2n) is 7.70. The smallest absolute Gasteiger partial charge is 0.134 e. The van der Waals surface area contributed by atoms with Crippen molar-refractivity contribution in [1.82, 2.24) is 15.0 Å². The highest BCUT2D eigenvalue weighted by atomic mass is 16.3. The van der Waals surface area contributed by atoms with E-state index in [2.05, 4.69) is 38.2 Å². The molecule has 1 aliphatic heterocycles. The maximum Gasteiger partial charge on any atom is 0.134 e. The summed E-state index contributed by atoms with van der Waals surface area (Å²) in [6.45, 7) is 5.09. The third-order valence-corrected chi connectivity index (χ3v) is 5.73. The standard InChI is InChI=1S/C20H27N5O/c1-15-4-2-8-21-19(15)20(6-7-20)13-22-17-10-18(24-14-23-17)25-9-3-5-16(11-25)12-26/h2,4,8,10,14,16,26H,3,5-7,9,11-13H2,1H3,(H,22,23,24). The van der Waals surface area contributed by atoms with E-state index in [-0.39, 0.29) is 12.0 Å². The van der Waals surface area contributed by atoms with Gasteiger partial charge in [-0.05, 0) is 50.2 Å². The number of hydrogen-bond acceptors (Lipinski definition) is 6. The Hall–Kier alpha value is -2.21. The monoisotopic (exact) mass is 353 g/mol. The summed E-state index contributed by atoms with van der Waals surface area (Å²) >= 11 is 0. The van der Waals surface area contributed by atoms with Crippen LogP contribution in [-0.4, -0.2) is 46.3 Å². The Morgan fingerprint density at radius 1 is 1.31 bits per heavy atom. The Kier molecular flexibility index (Phi) is 4.76. The molecule has 2 aliphatic rings. The molecule has 3 heterocycles. The molecule has 1 aliphatic carbocycles. The van der Waals surface area contributed by atoms with Gasteiger partial charge >= 0.3 is 0 Å². The number of pyridine rings is 1. The molecule has 26 heavy (non-hydrogen) atoms. The second-order valence-corrected chi connectivity index (χ2v) is 7.70. The Labute approximate surface area is 154 Å². The Bertz CT molecular complexity index is 761. The van der Waals surface area contributed by atoms with Crippen LogP contribution in [0.3, 0.4) is 0 Å². The van der Waals surface area contributed by atoms with Crippen LogP contribution in [0.15, 0.2) is 30.7 Å². The number of aromatic nitrogens is 3. The summed E-state index contributed by atoms with van der Waals surface area (Å²) in [5, 5.41) is 13.0. The predicted molar refractivity (Wildman–Crippen MR) is 102 cm³/mol. The molecule has 0 radical (unpaired) electrons. The third-order valence-electron chi connectivity index (χ3n) is 5.73. The zero-order valence-electron chi connectivity index (χ0n) is 15.4. The van der Waals surface area contributed by atoms with Crippen molar-refractivity contribution >= 4 is 11.6 Å². The van der Waals surface area contributed by atoms with Gasteiger partial charge in [0.15, 0.2) is 0 Å². The summed E-state index contributed by atoms with van der Waals surface area (Å²) in [5.74, 6) is 2.15. The average Bonchev–Trinajstić information content (AvgIpc) is 3.48.